The second kappa shape index (κ2) is 7.29. The van der Waals surface area contributed by atoms with Crippen LogP contribution in [0.15, 0.2) is 77.3 Å². The lowest BCUT2D eigenvalue weighted by molar-refractivity contribution is 0.647. The van der Waals surface area contributed by atoms with E-state index >= 15 is 0 Å². The van der Waals surface area contributed by atoms with Crippen LogP contribution in [0.4, 0.5) is 0 Å². The topological polar surface area (TPSA) is 26.0 Å². The first-order chi connectivity index (χ1) is 16.9. The number of nitrogens with zero attached hydrogens (tertiary/aromatic N) is 1. The van der Waals surface area contributed by atoms with E-state index in [9.17, 15) is 0 Å². The quantitative estimate of drug-likeness (QED) is 0.256. The lowest BCUT2D eigenvalue weighted by atomic mass is 9.78. The molecule has 35 heavy (non-hydrogen) atoms. The van der Waals surface area contributed by atoms with E-state index < -0.39 is 0 Å². The first-order valence-corrected chi connectivity index (χ1v) is 13.2. The highest BCUT2D eigenvalue weighted by Crippen LogP contribution is 2.57. The highest BCUT2D eigenvalue weighted by Gasteiger charge is 2.40. The lowest BCUT2D eigenvalue weighted by Gasteiger charge is -2.24. The molecular formula is C32H27NOS. The first-order valence-electron chi connectivity index (χ1n) is 12.4. The number of hydrogen-bond acceptors (Lipinski definition) is 3. The summed E-state index contributed by atoms with van der Waals surface area (Å²) >= 11 is 1.93. The Morgan fingerprint density at radius 2 is 1.66 bits per heavy atom. The first kappa shape index (κ1) is 20.9. The van der Waals surface area contributed by atoms with Crippen LogP contribution in [0.3, 0.4) is 0 Å². The molecule has 172 valence electrons. The molecule has 3 heterocycles. The van der Waals surface area contributed by atoms with Crippen LogP contribution in [0.25, 0.3) is 53.7 Å². The Kier molecular flexibility index (Phi) is 4.35. The number of thiophene rings is 1. The predicted molar refractivity (Wildman–Crippen MR) is 148 cm³/mol. The molecule has 0 fully saturated rings. The molecule has 0 saturated heterocycles. The summed E-state index contributed by atoms with van der Waals surface area (Å²) in [5, 5.41) is 3.68. The fraction of sp³-hybridized carbons (Fsp3) is 0.219. The van der Waals surface area contributed by atoms with Gasteiger partial charge in [0.15, 0.2) is 5.58 Å². The number of benzene rings is 3. The van der Waals surface area contributed by atoms with Gasteiger partial charge in [0, 0.05) is 31.3 Å². The van der Waals surface area contributed by atoms with Crippen LogP contribution in [0, 0.1) is 5.92 Å². The minimum absolute atomic E-state index is 0.106. The molecular weight excluding hydrogens is 446 g/mol. The van der Waals surface area contributed by atoms with Crippen molar-refractivity contribution in [1.82, 2.24) is 4.98 Å². The average Bonchev–Trinajstić information content (AvgIpc) is 3.47. The third-order valence-corrected chi connectivity index (χ3v) is 8.70. The molecule has 6 aromatic rings. The molecule has 0 radical (unpaired) electrons. The van der Waals surface area contributed by atoms with Crippen molar-refractivity contribution in [2.24, 2.45) is 5.92 Å². The van der Waals surface area contributed by atoms with Gasteiger partial charge in [0.05, 0.1) is 11.9 Å². The zero-order valence-corrected chi connectivity index (χ0v) is 21.3. The second-order valence-corrected chi connectivity index (χ2v) is 11.8. The van der Waals surface area contributed by atoms with E-state index in [0.717, 1.165) is 34.1 Å². The lowest BCUT2D eigenvalue weighted by Crippen LogP contribution is -2.16. The van der Waals surface area contributed by atoms with Crippen molar-refractivity contribution in [2.75, 3.05) is 0 Å². The van der Waals surface area contributed by atoms with Gasteiger partial charge in [0.2, 0.25) is 0 Å². The highest BCUT2D eigenvalue weighted by molar-refractivity contribution is 7.22. The van der Waals surface area contributed by atoms with Gasteiger partial charge in [0.25, 0.3) is 0 Å². The van der Waals surface area contributed by atoms with E-state index in [1.807, 2.05) is 29.7 Å². The molecule has 0 spiro atoms. The summed E-state index contributed by atoms with van der Waals surface area (Å²) in [7, 11) is 0. The van der Waals surface area contributed by atoms with Crippen LogP contribution < -0.4 is 0 Å². The molecule has 7 rings (SSSR count). The van der Waals surface area contributed by atoms with Gasteiger partial charge >= 0.3 is 0 Å². The molecule has 0 aliphatic heterocycles. The van der Waals surface area contributed by atoms with Crippen molar-refractivity contribution in [3.63, 3.8) is 0 Å². The zero-order valence-electron chi connectivity index (χ0n) is 20.5. The highest BCUT2D eigenvalue weighted by atomic mass is 32.1. The Labute approximate surface area is 209 Å². The molecule has 0 saturated carbocycles. The van der Waals surface area contributed by atoms with Gasteiger partial charge in [-0.05, 0) is 64.2 Å². The summed E-state index contributed by atoms with van der Waals surface area (Å²) in [6, 6.07) is 24.2. The van der Waals surface area contributed by atoms with E-state index in [0.29, 0.717) is 5.92 Å². The Bertz CT molecular complexity index is 1780. The summed E-state index contributed by atoms with van der Waals surface area (Å²) in [4.78, 5) is 6.30. The Morgan fingerprint density at radius 1 is 0.829 bits per heavy atom. The number of hydrogen-bond donors (Lipinski definition) is 0. The summed E-state index contributed by atoms with van der Waals surface area (Å²) in [6.45, 7) is 9.35. The standard InChI is InChI=1S/C32H27NOS/c1-18(2)14-19-12-13-28-24(15-19)30-31(35-28)22-10-7-9-21(29(22)32(30,3)4)25-16-23-20-8-5-6-11-26(20)34-27(23)17-33-25/h5-13,15-18H,14H2,1-4H3. The Hall–Kier alpha value is -3.43. The maximum absolute atomic E-state index is 6.04. The summed E-state index contributed by atoms with van der Waals surface area (Å²) < 4.78 is 7.43. The average molecular weight is 474 g/mol. The number of pyridine rings is 1. The van der Waals surface area contributed by atoms with Crippen LogP contribution in [-0.4, -0.2) is 4.98 Å². The van der Waals surface area contributed by atoms with Crippen LogP contribution in [0.5, 0.6) is 0 Å². The SMILES string of the molecule is CC(C)Cc1ccc2sc3c(c2c1)C(C)(C)c1c(-c2cc4c(cn2)oc2ccccc24)cccc1-3. The van der Waals surface area contributed by atoms with Crippen LogP contribution >= 0.6 is 11.3 Å². The fourth-order valence-electron chi connectivity index (χ4n) is 6.09. The number of para-hydroxylation sites is 1. The maximum atomic E-state index is 6.04. The van der Waals surface area contributed by atoms with Gasteiger partial charge < -0.3 is 4.42 Å². The molecule has 3 aromatic heterocycles. The van der Waals surface area contributed by atoms with Crippen molar-refractivity contribution in [3.8, 4) is 21.7 Å². The normalized spacial score (nSPS) is 14.3. The van der Waals surface area contributed by atoms with Gasteiger partial charge in [-0.1, -0.05) is 70.2 Å². The van der Waals surface area contributed by atoms with E-state index in [-0.39, 0.29) is 5.41 Å². The van der Waals surface area contributed by atoms with E-state index in [1.165, 1.54) is 42.8 Å². The van der Waals surface area contributed by atoms with Gasteiger partial charge in [-0.2, -0.15) is 0 Å². The maximum Gasteiger partial charge on any atom is 0.153 e. The third-order valence-electron chi connectivity index (χ3n) is 7.50. The molecule has 3 aromatic carbocycles. The van der Waals surface area contributed by atoms with Gasteiger partial charge in [-0.3, -0.25) is 4.98 Å². The van der Waals surface area contributed by atoms with Crippen molar-refractivity contribution in [3.05, 3.63) is 89.6 Å². The molecule has 0 bridgehead atoms. The Balaban J connectivity index is 1.44. The third kappa shape index (κ3) is 2.98. The summed E-state index contributed by atoms with van der Waals surface area (Å²) in [6.07, 6.45) is 3.00. The Morgan fingerprint density at radius 3 is 2.51 bits per heavy atom. The fourth-order valence-corrected chi connectivity index (χ4v) is 7.46. The van der Waals surface area contributed by atoms with Crippen LogP contribution in [-0.2, 0) is 11.8 Å². The van der Waals surface area contributed by atoms with Crippen molar-refractivity contribution in [2.45, 2.75) is 39.5 Å². The zero-order chi connectivity index (χ0) is 23.9. The van der Waals surface area contributed by atoms with Crippen LogP contribution in [0.2, 0.25) is 0 Å². The van der Waals surface area contributed by atoms with Crippen LogP contribution in [0.1, 0.15) is 44.4 Å². The molecule has 2 nitrogen and oxygen atoms in total. The molecule has 3 heteroatoms. The molecule has 1 aliphatic carbocycles. The van der Waals surface area contributed by atoms with E-state index in [4.69, 9.17) is 9.40 Å². The number of rotatable bonds is 3. The van der Waals surface area contributed by atoms with Crippen molar-refractivity contribution >= 4 is 43.4 Å². The molecule has 0 atom stereocenters. The molecule has 1 aliphatic rings. The minimum Gasteiger partial charge on any atom is -0.454 e. The number of aromatic nitrogens is 1. The summed E-state index contributed by atoms with van der Waals surface area (Å²) in [5.41, 5.74) is 9.51. The van der Waals surface area contributed by atoms with Crippen molar-refractivity contribution < 1.29 is 4.42 Å². The van der Waals surface area contributed by atoms with Crippen molar-refractivity contribution in [1.29, 1.82) is 0 Å². The molecule has 0 N–H and O–H groups in total. The minimum atomic E-state index is -0.106. The molecule has 0 amide bonds. The number of fused-ring (bicyclic) bond motifs is 8. The van der Waals surface area contributed by atoms with E-state index in [2.05, 4.69) is 82.3 Å². The van der Waals surface area contributed by atoms with Gasteiger partial charge in [0.1, 0.15) is 5.58 Å². The largest absolute Gasteiger partial charge is 0.454 e. The summed E-state index contributed by atoms with van der Waals surface area (Å²) in [5.74, 6) is 0.649. The van der Waals surface area contributed by atoms with Gasteiger partial charge in [-0.15, -0.1) is 11.3 Å². The van der Waals surface area contributed by atoms with Gasteiger partial charge in [-0.25, -0.2) is 0 Å². The predicted octanol–water partition coefficient (Wildman–Crippen LogP) is 9.37. The monoisotopic (exact) mass is 473 g/mol. The number of furan rings is 1. The smallest absolute Gasteiger partial charge is 0.153 e. The van der Waals surface area contributed by atoms with E-state index in [1.54, 1.807) is 0 Å². The second-order valence-electron chi connectivity index (χ2n) is 10.8. The molecule has 0 unspecified atom stereocenters.